The van der Waals surface area contributed by atoms with Crippen LogP contribution >= 0.6 is 23.2 Å². The monoisotopic (exact) mass is 515 g/mol. The summed E-state index contributed by atoms with van der Waals surface area (Å²) in [6.07, 6.45) is 0. The van der Waals surface area contributed by atoms with E-state index < -0.39 is 26.5 Å². The molecule has 174 valence electrons. The highest BCUT2D eigenvalue weighted by atomic mass is 35.5. The number of nitrogens with zero attached hydrogens (tertiary/aromatic N) is 1. The Kier molecular flexibility index (Phi) is 7.24. The molecule has 4 aromatic carbocycles. The lowest BCUT2D eigenvalue weighted by atomic mass is 10.0. The van der Waals surface area contributed by atoms with Crippen molar-refractivity contribution in [1.82, 2.24) is 4.31 Å². The fraction of sp³-hybridized carbons (Fsp3) is 0.0769. The second-order valence-electron chi connectivity index (χ2n) is 7.70. The van der Waals surface area contributed by atoms with Gasteiger partial charge in [-0.25, -0.2) is 12.8 Å². The predicted molar refractivity (Wildman–Crippen MR) is 133 cm³/mol. The Morgan fingerprint density at radius 3 is 2.12 bits per heavy atom. The Balaban J connectivity index is 1.75. The molecule has 0 aliphatic carbocycles. The highest BCUT2D eigenvalue weighted by Crippen LogP contribution is 2.36. The van der Waals surface area contributed by atoms with Gasteiger partial charge in [0.15, 0.2) is 5.75 Å². The minimum atomic E-state index is -4.24. The number of halogens is 3. The maximum Gasteiger partial charge on any atom is 0.247 e. The summed E-state index contributed by atoms with van der Waals surface area (Å²) >= 11 is 12.0. The summed E-state index contributed by atoms with van der Waals surface area (Å²) in [4.78, 5) is -0.397. The molecular weight excluding hydrogens is 496 g/mol. The van der Waals surface area contributed by atoms with Crippen molar-refractivity contribution >= 4 is 33.2 Å². The minimum Gasteiger partial charge on any atom is -0.505 e. The Hall–Kier alpha value is -2.90. The van der Waals surface area contributed by atoms with Gasteiger partial charge in [-0.05, 0) is 52.6 Å². The first kappa shape index (κ1) is 24.2. The molecule has 0 bridgehead atoms. The van der Waals surface area contributed by atoms with Crippen LogP contribution in [-0.4, -0.2) is 17.8 Å². The average molecular weight is 516 g/mol. The third-order valence-corrected chi connectivity index (χ3v) is 7.59. The lowest BCUT2D eigenvalue weighted by molar-refractivity contribution is 0.394. The highest BCUT2D eigenvalue weighted by molar-refractivity contribution is 7.89. The van der Waals surface area contributed by atoms with E-state index in [0.717, 1.165) is 22.8 Å². The lowest BCUT2D eigenvalue weighted by Crippen LogP contribution is -2.30. The Morgan fingerprint density at radius 1 is 0.765 bits per heavy atom. The van der Waals surface area contributed by atoms with Crippen molar-refractivity contribution in [1.29, 1.82) is 0 Å². The molecule has 0 heterocycles. The molecule has 4 rings (SSSR count). The van der Waals surface area contributed by atoms with Crippen molar-refractivity contribution in [2.75, 3.05) is 0 Å². The number of aromatic hydroxyl groups is 1. The molecule has 0 fully saturated rings. The minimum absolute atomic E-state index is 0.00392. The van der Waals surface area contributed by atoms with Gasteiger partial charge in [0, 0.05) is 18.1 Å². The first-order valence-electron chi connectivity index (χ1n) is 10.3. The Bertz CT molecular complexity index is 1410. The van der Waals surface area contributed by atoms with E-state index in [9.17, 15) is 17.9 Å². The van der Waals surface area contributed by atoms with Crippen LogP contribution in [-0.2, 0) is 23.1 Å². The zero-order valence-electron chi connectivity index (χ0n) is 17.8. The van der Waals surface area contributed by atoms with Crippen LogP contribution < -0.4 is 0 Å². The van der Waals surface area contributed by atoms with Gasteiger partial charge in [-0.1, -0.05) is 83.9 Å². The van der Waals surface area contributed by atoms with Crippen molar-refractivity contribution in [3.63, 3.8) is 0 Å². The van der Waals surface area contributed by atoms with Crippen LogP contribution in [0.1, 0.15) is 11.1 Å². The maximum absolute atomic E-state index is 13.7. The molecule has 0 aliphatic rings. The largest absolute Gasteiger partial charge is 0.505 e. The average Bonchev–Trinajstić information content (AvgIpc) is 2.83. The number of phenols is 1. The number of phenolic OH excluding ortho intramolecular Hbond substituents is 1. The van der Waals surface area contributed by atoms with Gasteiger partial charge >= 0.3 is 0 Å². The van der Waals surface area contributed by atoms with Gasteiger partial charge in [0.1, 0.15) is 10.7 Å². The van der Waals surface area contributed by atoms with Crippen LogP contribution in [0.5, 0.6) is 5.75 Å². The molecule has 0 saturated carbocycles. The van der Waals surface area contributed by atoms with Gasteiger partial charge in [-0.2, -0.15) is 4.31 Å². The fourth-order valence-corrected chi connectivity index (χ4v) is 5.74. The molecule has 4 nitrogen and oxygen atoms in total. The second kappa shape index (κ2) is 10.2. The molecule has 4 aromatic rings. The van der Waals surface area contributed by atoms with E-state index in [4.69, 9.17) is 23.2 Å². The van der Waals surface area contributed by atoms with E-state index in [1.54, 1.807) is 0 Å². The Morgan fingerprint density at radius 2 is 1.41 bits per heavy atom. The summed E-state index contributed by atoms with van der Waals surface area (Å²) in [6.45, 7) is -0.0499. The molecule has 0 atom stereocenters. The van der Waals surface area contributed by atoms with Crippen LogP contribution in [0.15, 0.2) is 95.9 Å². The molecule has 1 N–H and O–H groups in total. The number of sulfonamides is 1. The molecular formula is C26H20Cl2FNO3S. The van der Waals surface area contributed by atoms with Crippen molar-refractivity contribution in [2.24, 2.45) is 0 Å². The van der Waals surface area contributed by atoms with Crippen LogP contribution in [0, 0.1) is 5.82 Å². The lowest BCUT2D eigenvalue weighted by Gasteiger charge is -2.24. The maximum atomic E-state index is 13.7. The van der Waals surface area contributed by atoms with Gasteiger partial charge in [-0.15, -0.1) is 0 Å². The number of hydrogen-bond donors (Lipinski definition) is 1. The topological polar surface area (TPSA) is 57.6 Å². The summed E-state index contributed by atoms with van der Waals surface area (Å²) in [7, 11) is -4.24. The fourth-order valence-electron chi connectivity index (χ4n) is 3.58. The highest BCUT2D eigenvalue weighted by Gasteiger charge is 2.29. The quantitative estimate of drug-likeness (QED) is 0.291. The van der Waals surface area contributed by atoms with Gasteiger partial charge in [-0.3, -0.25) is 0 Å². The zero-order valence-corrected chi connectivity index (χ0v) is 20.2. The van der Waals surface area contributed by atoms with Crippen LogP contribution in [0.4, 0.5) is 4.39 Å². The second-order valence-corrected chi connectivity index (χ2v) is 10.5. The van der Waals surface area contributed by atoms with Crippen molar-refractivity contribution < 1.29 is 17.9 Å². The smallest absolute Gasteiger partial charge is 0.247 e. The summed E-state index contributed by atoms with van der Waals surface area (Å²) in [5.41, 5.74) is 3.25. The molecule has 34 heavy (non-hydrogen) atoms. The van der Waals surface area contributed by atoms with E-state index in [-0.39, 0.29) is 23.1 Å². The summed E-state index contributed by atoms with van der Waals surface area (Å²) in [5.74, 6) is -0.999. The van der Waals surface area contributed by atoms with Gasteiger partial charge in [0.25, 0.3) is 0 Å². The zero-order chi connectivity index (χ0) is 24.3. The standard InChI is InChI=1S/C26H20Cl2FNO3S/c27-22-14-24(28)26(31)25(15-22)34(32,33)30(16-18-9-11-23(29)12-10-18)17-19-5-4-8-21(13-19)20-6-2-1-3-7-20/h1-15,31H,16-17H2. The van der Waals surface area contributed by atoms with Crippen LogP contribution in [0.3, 0.4) is 0 Å². The van der Waals surface area contributed by atoms with Gasteiger partial charge in [0.2, 0.25) is 10.0 Å². The van der Waals surface area contributed by atoms with E-state index in [2.05, 4.69) is 0 Å². The first-order chi connectivity index (χ1) is 16.2. The summed E-state index contributed by atoms with van der Waals surface area (Å²) in [6, 6.07) is 25.3. The number of rotatable bonds is 7. The van der Waals surface area contributed by atoms with Crippen molar-refractivity contribution in [3.8, 4) is 16.9 Å². The van der Waals surface area contributed by atoms with Crippen LogP contribution in [0.25, 0.3) is 11.1 Å². The van der Waals surface area contributed by atoms with Crippen molar-refractivity contribution in [3.05, 3.63) is 118 Å². The molecule has 0 aromatic heterocycles. The van der Waals surface area contributed by atoms with Gasteiger partial charge in [0.05, 0.1) is 5.02 Å². The van der Waals surface area contributed by atoms with Gasteiger partial charge < -0.3 is 5.11 Å². The normalized spacial score (nSPS) is 11.6. The Labute approximate surface area is 207 Å². The predicted octanol–water partition coefficient (Wildman–Crippen LogP) is 6.90. The summed E-state index contributed by atoms with van der Waals surface area (Å²) < 4.78 is 41.9. The van der Waals surface area contributed by atoms with Crippen LogP contribution in [0.2, 0.25) is 10.0 Å². The molecule has 0 aliphatic heterocycles. The molecule has 8 heteroatoms. The third-order valence-electron chi connectivity index (χ3n) is 5.28. The third kappa shape index (κ3) is 5.42. The summed E-state index contributed by atoms with van der Waals surface area (Å²) in [5, 5.41) is 10.3. The van der Waals surface area contributed by atoms with E-state index in [0.29, 0.717) is 5.56 Å². The molecule has 0 saturated heterocycles. The molecule has 0 radical (unpaired) electrons. The van der Waals surface area contributed by atoms with E-state index >= 15 is 0 Å². The molecule has 0 spiro atoms. The number of benzene rings is 4. The number of hydrogen-bond acceptors (Lipinski definition) is 3. The molecule has 0 unspecified atom stereocenters. The first-order valence-corrected chi connectivity index (χ1v) is 12.5. The molecule has 0 amide bonds. The SMILES string of the molecule is O=S(=O)(c1cc(Cl)cc(Cl)c1O)N(Cc1ccc(F)cc1)Cc1cccc(-c2ccccc2)c1. The van der Waals surface area contributed by atoms with Crippen molar-refractivity contribution in [2.45, 2.75) is 18.0 Å². The van der Waals surface area contributed by atoms with E-state index in [1.807, 2.05) is 54.6 Å². The van der Waals surface area contributed by atoms with E-state index in [1.165, 1.54) is 34.6 Å².